The van der Waals surface area contributed by atoms with Gasteiger partial charge in [-0.05, 0) is 49.7 Å². The molecule has 7 heteroatoms. The SMILES string of the molecule is CC1=NN(c2ccccc2)C(=O)C1C(CC(=O)C1=C(C)Oc2ccccc2C1O)c1ccc(F)cc1. The monoisotopic (exact) mass is 484 g/mol. The highest BCUT2D eigenvalue weighted by Gasteiger charge is 2.42. The van der Waals surface area contributed by atoms with Gasteiger partial charge in [-0.3, -0.25) is 9.59 Å². The molecule has 3 aromatic rings. The Bertz CT molecular complexity index is 1380. The number of para-hydroxylation sites is 2. The van der Waals surface area contributed by atoms with Crippen molar-refractivity contribution >= 4 is 23.1 Å². The number of benzene rings is 3. The molecule has 3 atom stereocenters. The van der Waals surface area contributed by atoms with Crippen LogP contribution < -0.4 is 9.75 Å². The summed E-state index contributed by atoms with van der Waals surface area (Å²) >= 11 is 0. The summed E-state index contributed by atoms with van der Waals surface area (Å²) in [7, 11) is 0. The number of ketones is 1. The summed E-state index contributed by atoms with van der Waals surface area (Å²) in [6.07, 6.45) is -1.24. The van der Waals surface area contributed by atoms with E-state index in [1.54, 1.807) is 62.4 Å². The molecule has 6 nitrogen and oxygen atoms in total. The van der Waals surface area contributed by atoms with Crippen LogP contribution in [-0.4, -0.2) is 22.5 Å². The van der Waals surface area contributed by atoms with Gasteiger partial charge < -0.3 is 9.84 Å². The van der Waals surface area contributed by atoms with Crippen molar-refractivity contribution in [2.45, 2.75) is 32.3 Å². The molecule has 2 aliphatic heterocycles. The number of ether oxygens (including phenoxy) is 1. The largest absolute Gasteiger partial charge is 0.461 e. The van der Waals surface area contributed by atoms with E-state index in [9.17, 15) is 19.1 Å². The topological polar surface area (TPSA) is 79.2 Å². The summed E-state index contributed by atoms with van der Waals surface area (Å²) < 4.78 is 19.6. The lowest BCUT2D eigenvalue weighted by Crippen LogP contribution is -2.33. The van der Waals surface area contributed by atoms with Crippen LogP contribution in [0.1, 0.15) is 43.4 Å². The molecule has 0 aliphatic carbocycles. The number of hydrogen-bond donors (Lipinski definition) is 1. The molecule has 0 bridgehead atoms. The molecule has 3 unspecified atom stereocenters. The molecule has 5 rings (SSSR count). The number of aliphatic hydroxyl groups is 1. The van der Waals surface area contributed by atoms with E-state index in [0.29, 0.717) is 34.0 Å². The number of amides is 1. The van der Waals surface area contributed by atoms with Crippen LogP contribution in [0.4, 0.5) is 10.1 Å². The van der Waals surface area contributed by atoms with Gasteiger partial charge in [0.25, 0.3) is 5.91 Å². The van der Waals surface area contributed by atoms with Gasteiger partial charge in [-0.1, -0.05) is 48.5 Å². The van der Waals surface area contributed by atoms with E-state index in [1.807, 2.05) is 18.2 Å². The molecule has 0 saturated heterocycles. The highest BCUT2D eigenvalue weighted by atomic mass is 19.1. The quantitative estimate of drug-likeness (QED) is 0.515. The Morgan fingerprint density at radius 2 is 1.69 bits per heavy atom. The normalized spacial score (nSPS) is 20.1. The van der Waals surface area contributed by atoms with E-state index in [0.717, 1.165) is 0 Å². The zero-order chi connectivity index (χ0) is 25.4. The van der Waals surface area contributed by atoms with Crippen LogP contribution in [0.15, 0.2) is 95.3 Å². The molecule has 182 valence electrons. The Labute approximate surface area is 208 Å². The van der Waals surface area contributed by atoms with Crippen molar-refractivity contribution in [3.05, 3.63) is 107 Å². The molecular weight excluding hydrogens is 459 g/mol. The first-order valence-electron chi connectivity index (χ1n) is 11.7. The molecule has 0 saturated carbocycles. The summed E-state index contributed by atoms with van der Waals surface area (Å²) in [5, 5.41) is 16.9. The zero-order valence-electron chi connectivity index (χ0n) is 19.9. The molecule has 1 N–H and O–H groups in total. The molecule has 3 aromatic carbocycles. The number of hydrazone groups is 1. The number of anilines is 1. The first-order valence-corrected chi connectivity index (χ1v) is 11.7. The minimum absolute atomic E-state index is 0.0905. The van der Waals surface area contributed by atoms with Gasteiger partial charge in [0.1, 0.15) is 23.4 Å². The molecule has 0 aromatic heterocycles. The van der Waals surface area contributed by atoms with Crippen LogP contribution in [0, 0.1) is 11.7 Å². The summed E-state index contributed by atoms with van der Waals surface area (Å²) in [5.74, 6) is -1.55. The third-order valence-electron chi connectivity index (χ3n) is 6.72. The number of aliphatic hydroxyl groups excluding tert-OH is 1. The van der Waals surface area contributed by atoms with Crippen LogP contribution in [0.2, 0.25) is 0 Å². The predicted octanol–water partition coefficient (Wildman–Crippen LogP) is 5.31. The van der Waals surface area contributed by atoms with E-state index in [1.165, 1.54) is 17.1 Å². The van der Waals surface area contributed by atoms with E-state index in [2.05, 4.69) is 5.10 Å². The van der Waals surface area contributed by atoms with Gasteiger partial charge in [-0.15, -0.1) is 0 Å². The number of fused-ring (bicyclic) bond motifs is 1. The molecule has 2 aliphatic rings. The standard InChI is InChI=1S/C29H25FN2O4/c1-17-26(29(35)32(31-17)21-8-4-3-5-9-21)23(19-12-14-20(30)15-13-19)16-24(33)27-18(2)36-25-11-7-6-10-22(25)28(27)34/h3-15,23,26,28,34H,16H2,1-2H3. The van der Waals surface area contributed by atoms with Gasteiger partial charge in [-0.2, -0.15) is 5.10 Å². The summed E-state index contributed by atoms with van der Waals surface area (Å²) in [6.45, 7) is 3.40. The van der Waals surface area contributed by atoms with E-state index in [-0.39, 0.29) is 23.7 Å². The number of carbonyl (C=O) groups excluding carboxylic acids is 2. The van der Waals surface area contributed by atoms with E-state index in [4.69, 9.17) is 4.74 Å². The van der Waals surface area contributed by atoms with Gasteiger partial charge in [-0.25, -0.2) is 9.40 Å². The number of halogens is 1. The van der Waals surface area contributed by atoms with Crippen molar-refractivity contribution in [2.75, 3.05) is 5.01 Å². The number of nitrogens with zero attached hydrogens (tertiary/aromatic N) is 2. The third kappa shape index (κ3) is 4.22. The molecule has 0 spiro atoms. The molecule has 0 radical (unpaired) electrons. The second-order valence-electron chi connectivity index (χ2n) is 9.00. The van der Waals surface area contributed by atoms with Crippen molar-refractivity contribution in [3.63, 3.8) is 0 Å². The highest BCUT2D eigenvalue weighted by Crippen LogP contribution is 2.41. The molecule has 2 heterocycles. The lowest BCUT2D eigenvalue weighted by atomic mass is 9.78. The van der Waals surface area contributed by atoms with Crippen molar-refractivity contribution in [3.8, 4) is 5.75 Å². The maximum atomic E-state index is 13.7. The third-order valence-corrected chi connectivity index (χ3v) is 6.72. The van der Waals surface area contributed by atoms with Crippen LogP contribution in [0.25, 0.3) is 0 Å². The Kier molecular flexibility index (Phi) is 6.24. The van der Waals surface area contributed by atoms with Crippen molar-refractivity contribution < 1.29 is 23.8 Å². The summed E-state index contributed by atoms with van der Waals surface area (Å²) in [6, 6.07) is 21.9. The molecule has 36 heavy (non-hydrogen) atoms. The van der Waals surface area contributed by atoms with Crippen LogP contribution in [-0.2, 0) is 9.59 Å². The average Bonchev–Trinajstić information content (AvgIpc) is 3.17. The molecule has 1 amide bonds. The lowest BCUT2D eigenvalue weighted by molar-refractivity contribution is -0.121. The Morgan fingerprint density at radius 1 is 1.03 bits per heavy atom. The lowest BCUT2D eigenvalue weighted by Gasteiger charge is -2.28. The number of Topliss-reactive ketones (excluding diaryl/α,β-unsaturated/α-hetero) is 1. The maximum absolute atomic E-state index is 13.7. The minimum atomic E-state index is -1.15. The van der Waals surface area contributed by atoms with Crippen molar-refractivity contribution in [1.29, 1.82) is 0 Å². The Morgan fingerprint density at radius 3 is 2.42 bits per heavy atom. The van der Waals surface area contributed by atoms with E-state index < -0.39 is 23.8 Å². The Hall–Kier alpha value is -4.10. The van der Waals surface area contributed by atoms with Crippen LogP contribution in [0.3, 0.4) is 0 Å². The number of allylic oxidation sites excluding steroid dienone is 1. The molecule has 0 fully saturated rings. The summed E-state index contributed by atoms with van der Waals surface area (Å²) in [4.78, 5) is 27.3. The van der Waals surface area contributed by atoms with Gasteiger partial charge in [0.2, 0.25) is 0 Å². The maximum Gasteiger partial charge on any atom is 0.256 e. The Balaban J connectivity index is 1.49. The fourth-order valence-electron chi connectivity index (χ4n) is 4.96. The minimum Gasteiger partial charge on any atom is -0.461 e. The van der Waals surface area contributed by atoms with Crippen molar-refractivity contribution in [1.82, 2.24) is 0 Å². The predicted molar refractivity (Wildman–Crippen MR) is 134 cm³/mol. The smallest absolute Gasteiger partial charge is 0.256 e. The second-order valence-corrected chi connectivity index (χ2v) is 9.00. The van der Waals surface area contributed by atoms with Gasteiger partial charge in [0.15, 0.2) is 5.78 Å². The van der Waals surface area contributed by atoms with E-state index >= 15 is 0 Å². The van der Waals surface area contributed by atoms with Gasteiger partial charge >= 0.3 is 0 Å². The highest BCUT2D eigenvalue weighted by molar-refractivity contribution is 6.16. The first-order chi connectivity index (χ1) is 17.3. The molecular formula is C29H25FN2O4. The van der Waals surface area contributed by atoms with Crippen LogP contribution in [0.5, 0.6) is 5.75 Å². The average molecular weight is 485 g/mol. The number of carbonyl (C=O) groups is 2. The van der Waals surface area contributed by atoms with Crippen molar-refractivity contribution in [2.24, 2.45) is 11.0 Å². The fourth-order valence-corrected chi connectivity index (χ4v) is 4.96. The zero-order valence-corrected chi connectivity index (χ0v) is 19.9. The van der Waals surface area contributed by atoms with Gasteiger partial charge in [0.05, 0.1) is 17.2 Å². The number of rotatable bonds is 6. The summed E-state index contributed by atoms with van der Waals surface area (Å²) in [5.41, 5.74) is 2.48. The fraction of sp³-hybridized carbons (Fsp3) is 0.207. The van der Waals surface area contributed by atoms with Crippen LogP contribution >= 0.6 is 0 Å². The van der Waals surface area contributed by atoms with Gasteiger partial charge in [0, 0.05) is 23.6 Å². The second kappa shape index (κ2) is 9.51. The number of hydrogen-bond acceptors (Lipinski definition) is 5. The first kappa shape index (κ1) is 23.6.